The third kappa shape index (κ3) is 4.74. The molecule has 1 amide bonds. The number of carbonyl (C=O) groups excluding carboxylic acids is 1. The lowest BCUT2D eigenvalue weighted by Gasteiger charge is -2.35. The minimum absolute atomic E-state index is 0.0184. The monoisotopic (exact) mass is 291 g/mol. The molecular weight excluding hydrogens is 266 g/mol. The van der Waals surface area contributed by atoms with Crippen LogP contribution in [0.3, 0.4) is 0 Å². The molecule has 1 aliphatic rings. The van der Waals surface area contributed by atoms with E-state index in [1.807, 2.05) is 31.2 Å². The molecule has 0 radical (unpaired) electrons. The van der Waals surface area contributed by atoms with Gasteiger partial charge in [-0.3, -0.25) is 4.79 Å². The largest absolute Gasteiger partial charge is 0.484 e. The van der Waals surface area contributed by atoms with E-state index < -0.39 is 0 Å². The van der Waals surface area contributed by atoms with Crippen molar-refractivity contribution in [1.29, 1.82) is 0 Å². The lowest BCUT2D eigenvalue weighted by atomic mass is 9.74. The van der Waals surface area contributed by atoms with Gasteiger partial charge in [0, 0.05) is 12.0 Å². The van der Waals surface area contributed by atoms with Gasteiger partial charge in [0.25, 0.3) is 5.91 Å². The topological polar surface area (TPSA) is 58.6 Å². The summed E-state index contributed by atoms with van der Waals surface area (Å²) in [7, 11) is 0. The van der Waals surface area contributed by atoms with Crippen LogP contribution in [0.2, 0.25) is 0 Å². The van der Waals surface area contributed by atoms with Gasteiger partial charge in [-0.25, -0.2) is 0 Å². The smallest absolute Gasteiger partial charge is 0.257 e. The average Bonchev–Trinajstić information content (AvgIpc) is 2.53. The first-order chi connectivity index (χ1) is 10.1. The Balaban J connectivity index is 1.75. The lowest BCUT2D eigenvalue weighted by Crippen LogP contribution is -2.42. The number of aliphatic hydroxyl groups is 1. The summed E-state index contributed by atoms with van der Waals surface area (Å²) in [4.78, 5) is 11.9. The summed E-state index contributed by atoms with van der Waals surface area (Å²) in [5.74, 6) is 0.569. The summed E-state index contributed by atoms with van der Waals surface area (Å²) < 4.78 is 5.45. The second-order valence-electron chi connectivity index (χ2n) is 6.10. The van der Waals surface area contributed by atoms with Crippen LogP contribution in [0.5, 0.6) is 5.75 Å². The minimum atomic E-state index is -0.131. The molecule has 4 nitrogen and oxygen atoms in total. The second kappa shape index (κ2) is 7.46. The quantitative estimate of drug-likeness (QED) is 0.846. The molecule has 1 fully saturated rings. The standard InChI is InChI=1S/C17H25NO3/c1-14-5-7-15(8-6-14)21-11-16(20)18-12-17(13-19)9-3-2-4-10-17/h5-8,19H,2-4,9-13H2,1H3,(H,18,20). The zero-order chi connectivity index (χ0) is 15.1. The maximum Gasteiger partial charge on any atom is 0.257 e. The summed E-state index contributed by atoms with van der Waals surface area (Å²) in [5, 5.41) is 12.5. The molecule has 2 N–H and O–H groups in total. The number of benzene rings is 1. The third-order valence-electron chi connectivity index (χ3n) is 4.30. The highest BCUT2D eigenvalue weighted by Gasteiger charge is 2.31. The molecule has 0 saturated heterocycles. The number of carbonyl (C=O) groups is 1. The SMILES string of the molecule is Cc1ccc(OCC(=O)NCC2(CO)CCCCC2)cc1. The first kappa shape index (κ1) is 15.8. The zero-order valence-electron chi connectivity index (χ0n) is 12.7. The van der Waals surface area contributed by atoms with E-state index in [4.69, 9.17) is 4.74 Å². The lowest BCUT2D eigenvalue weighted by molar-refractivity contribution is -0.123. The maximum absolute atomic E-state index is 11.9. The Labute approximate surface area is 126 Å². The Morgan fingerprint density at radius 2 is 1.90 bits per heavy atom. The van der Waals surface area contributed by atoms with E-state index in [0.29, 0.717) is 12.3 Å². The van der Waals surface area contributed by atoms with Gasteiger partial charge >= 0.3 is 0 Å². The fourth-order valence-corrected chi connectivity index (χ4v) is 2.81. The van der Waals surface area contributed by atoms with Crippen LogP contribution in [-0.4, -0.2) is 30.8 Å². The Kier molecular flexibility index (Phi) is 5.62. The Morgan fingerprint density at radius 3 is 2.52 bits per heavy atom. The van der Waals surface area contributed by atoms with Crippen LogP contribution in [0.15, 0.2) is 24.3 Å². The summed E-state index contributed by atoms with van der Waals surface area (Å²) >= 11 is 0. The van der Waals surface area contributed by atoms with Crippen LogP contribution in [0.1, 0.15) is 37.7 Å². The van der Waals surface area contributed by atoms with Crippen molar-refractivity contribution >= 4 is 5.91 Å². The van der Waals surface area contributed by atoms with Gasteiger partial charge < -0.3 is 15.2 Å². The molecule has 21 heavy (non-hydrogen) atoms. The average molecular weight is 291 g/mol. The molecule has 0 aromatic heterocycles. The highest BCUT2D eigenvalue weighted by atomic mass is 16.5. The second-order valence-corrected chi connectivity index (χ2v) is 6.10. The first-order valence-corrected chi connectivity index (χ1v) is 7.71. The van der Waals surface area contributed by atoms with E-state index in [2.05, 4.69) is 5.32 Å². The van der Waals surface area contributed by atoms with Crippen LogP contribution < -0.4 is 10.1 Å². The number of aliphatic hydroxyl groups excluding tert-OH is 1. The van der Waals surface area contributed by atoms with Crippen molar-refractivity contribution in [2.24, 2.45) is 5.41 Å². The summed E-state index contributed by atoms with van der Waals surface area (Å²) in [6.45, 7) is 2.71. The number of rotatable bonds is 6. The van der Waals surface area contributed by atoms with Gasteiger partial charge in [-0.1, -0.05) is 37.0 Å². The zero-order valence-corrected chi connectivity index (χ0v) is 12.7. The number of ether oxygens (including phenoxy) is 1. The van der Waals surface area contributed by atoms with E-state index in [9.17, 15) is 9.90 Å². The molecular formula is C17H25NO3. The minimum Gasteiger partial charge on any atom is -0.484 e. The van der Waals surface area contributed by atoms with Crippen molar-refractivity contribution in [3.05, 3.63) is 29.8 Å². The van der Waals surface area contributed by atoms with Gasteiger partial charge in [0.15, 0.2) is 6.61 Å². The van der Waals surface area contributed by atoms with Gasteiger partial charge in [0.2, 0.25) is 0 Å². The third-order valence-corrected chi connectivity index (χ3v) is 4.30. The molecule has 2 rings (SSSR count). The van der Waals surface area contributed by atoms with Crippen LogP contribution in [0.25, 0.3) is 0 Å². The van der Waals surface area contributed by atoms with Gasteiger partial charge in [-0.15, -0.1) is 0 Å². The summed E-state index contributed by atoms with van der Waals surface area (Å²) in [6.07, 6.45) is 5.48. The van der Waals surface area contributed by atoms with E-state index in [1.54, 1.807) is 0 Å². The van der Waals surface area contributed by atoms with Crippen molar-refractivity contribution in [2.75, 3.05) is 19.8 Å². The van der Waals surface area contributed by atoms with Gasteiger partial charge in [0.05, 0.1) is 6.61 Å². The molecule has 0 heterocycles. The predicted molar refractivity (Wildman–Crippen MR) is 82.3 cm³/mol. The van der Waals surface area contributed by atoms with Gasteiger partial charge in [0.1, 0.15) is 5.75 Å². The molecule has 1 aromatic carbocycles. The van der Waals surface area contributed by atoms with Gasteiger partial charge in [-0.2, -0.15) is 0 Å². The molecule has 1 saturated carbocycles. The van der Waals surface area contributed by atoms with E-state index >= 15 is 0 Å². The number of hydrogen-bond donors (Lipinski definition) is 2. The van der Waals surface area contributed by atoms with Crippen molar-refractivity contribution in [1.82, 2.24) is 5.32 Å². The molecule has 1 aromatic rings. The molecule has 0 aliphatic heterocycles. The fourth-order valence-electron chi connectivity index (χ4n) is 2.81. The maximum atomic E-state index is 11.9. The fraction of sp³-hybridized carbons (Fsp3) is 0.588. The first-order valence-electron chi connectivity index (χ1n) is 7.71. The Hall–Kier alpha value is -1.55. The number of hydrogen-bond acceptors (Lipinski definition) is 3. The van der Waals surface area contributed by atoms with Crippen LogP contribution >= 0.6 is 0 Å². The number of nitrogens with one attached hydrogen (secondary N) is 1. The number of amides is 1. The summed E-state index contributed by atoms with van der Waals surface area (Å²) in [5.41, 5.74) is 1.03. The molecule has 4 heteroatoms. The highest BCUT2D eigenvalue weighted by Crippen LogP contribution is 2.35. The van der Waals surface area contributed by atoms with Crippen LogP contribution in [-0.2, 0) is 4.79 Å². The Bertz CT molecular complexity index is 450. The summed E-state index contributed by atoms with van der Waals surface area (Å²) in [6, 6.07) is 7.63. The van der Waals surface area contributed by atoms with Crippen molar-refractivity contribution < 1.29 is 14.6 Å². The van der Waals surface area contributed by atoms with E-state index in [1.165, 1.54) is 6.42 Å². The normalized spacial score (nSPS) is 17.2. The Morgan fingerprint density at radius 1 is 1.24 bits per heavy atom. The van der Waals surface area contributed by atoms with Crippen molar-refractivity contribution in [3.63, 3.8) is 0 Å². The van der Waals surface area contributed by atoms with Crippen LogP contribution in [0, 0.1) is 12.3 Å². The van der Waals surface area contributed by atoms with Crippen molar-refractivity contribution in [2.45, 2.75) is 39.0 Å². The highest BCUT2D eigenvalue weighted by molar-refractivity contribution is 5.77. The van der Waals surface area contributed by atoms with Gasteiger partial charge in [-0.05, 0) is 31.9 Å². The van der Waals surface area contributed by atoms with E-state index in [0.717, 1.165) is 31.2 Å². The molecule has 0 atom stereocenters. The molecule has 0 bridgehead atoms. The molecule has 116 valence electrons. The molecule has 0 unspecified atom stereocenters. The number of aryl methyl sites for hydroxylation is 1. The van der Waals surface area contributed by atoms with E-state index in [-0.39, 0.29) is 24.5 Å². The van der Waals surface area contributed by atoms with Crippen molar-refractivity contribution in [3.8, 4) is 5.75 Å². The molecule has 1 aliphatic carbocycles. The molecule has 0 spiro atoms. The predicted octanol–water partition coefficient (Wildman–Crippen LogP) is 2.43. The van der Waals surface area contributed by atoms with Crippen LogP contribution in [0.4, 0.5) is 0 Å².